The molecule has 0 spiro atoms. The summed E-state index contributed by atoms with van der Waals surface area (Å²) in [7, 11) is 0. The van der Waals surface area contributed by atoms with Gasteiger partial charge in [0.05, 0.1) is 0 Å². The van der Waals surface area contributed by atoms with E-state index in [0.29, 0.717) is 11.3 Å². The fourth-order valence-electron chi connectivity index (χ4n) is 0.502. The predicted molar refractivity (Wildman–Crippen MR) is 42.3 cm³/mol. The van der Waals surface area contributed by atoms with Crippen LogP contribution in [0.5, 0.6) is 0 Å². The molecule has 0 aromatic carbocycles. The van der Waals surface area contributed by atoms with Crippen molar-refractivity contribution in [3.8, 4) is 0 Å². The normalized spacial score (nSPS) is 10.7. The van der Waals surface area contributed by atoms with Crippen molar-refractivity contribution >= 4 is 5.78 Å². The molecule has 10 heavy (non-hydrogen) atoms. The molecule has 0 aromatic rings. The summed E-state index contributed by atoms with van der Waals surface area (Å²) in [4.78, 5) is 10.5. The smallest absolute Gasteiger partial charge is 0.153 e. The Hall–Kier alpha value is -1.31. The molecular formula is C8H11NO. The molecule has 0 aliphatic carbocycles. The predicted octanol–water partition coefficient (Wildman–Crippen LogP) is 1.16. The van der Waals surface area contributed by atoms with Gasteiger partial charge in [-0.05, 0) is 18.6 Å². The zero-order chi connectivity index (χ0) is 8.15. The van der Waals surface area contributed by atoms with Crippen molar-refractivity contribution < 1.29 is 4.79 Å². The molecule has 0 amide bonds. The molecule has 0 aliphatic rings. The Kier molecular flexibility index (Phi) is 3.19. The second kappa shape index (κ2) is 3.67. The van der Waals surface area contributed by atoms with Crippen LogP contribution in [0.1, 0.15) is 6.92 Å². The quantitative estimate of drug-likeness (QED) is 0.468. The van der Waals surface area contributed by atoms with E-state index in [0.717, 1.165) is 0 Å². The average molecular weight is 137 g/mol. The van der Waals surface area contributed by atoms with Crippen molar-refractivity contribution in [2.24, 2.45) is 5.73 Å². The summed E-state index contributed by atoms with van der Waals surface area (Å²) in [6.07, 6.45) is 2.90. The molecule has 54 valence electrons. The highest BCUT2D eigenvalue weighted by atomic mass is 16.1. The number of allylic oxidation sites excluding steroid dienone is 2. The number of rotatable bonds is 3. The molecule has 0 aromatic heterocycles. The second-order valence-corrected chi connectivity index (χ2v) is 1.94. The summed E-state index contributed by atoms with van der Waals surface area (Å²) >= 11 is 0. The number of ketones is 1. The lowest BCUT2D eigenvalue weighted by Crippen LogP contribution is -1.98. The van der Waals surface area contributed by atoms with E-state index in [-0.39, 0.29) is 5.78 Å². The van der Waals surface area contributed by atoms with Crippen molar-refractivity contribution in [3.63, 3.8) is 0 Å². The fourth-order valence-corrected chi connectivity index (χ4v) is 0.502. The third-order valence-corrected chi connectivity index (χ3v) is 0.949. The Balaban J connectivity index is 4.49. The SMILES string of the molecule is C=C/C(=C/C(C)=O)C(=C)N. The van der Waals surface area contributed by atoms with Gasteiger partial charge in [-0.3, -0.25) is 4.79 Å². The Morgan fingerprint density at radius 1 is 1.60 bits per heavy atom. The van der Waals surface area contributed by atoms with Crippen molar-refractivity contribution in [3.05, 3.63) is 36.6 Å². The Labute approximate surface area is 60.7 Å². The number of nitrogens with two attached hydrogens (primary N) is 1. The first-order chi connectivity index (χ1) is 4.57. The van der Waals surface area contributed by atoms with E-state index in [9.17, 15) is 4.79 Å². The summed E-state index contributed by atoms with van der Waals surface area (Å²) in [6, 6.07) is 0. The highest BCUT2D eigenvalue weighted by Crippen LogP contribution is 2.01. The number of hydrogen-bond acceptors (Lipinski definition) is 2. The Morgan fingerprint density at radius 2 is 2.10 bits per heavy atom. The van der Waals surface area contributed by atoms with Gasteiger partial charge < -0.3 is 5.73 Å². The first-order valence-corrected chi connectivity index (χ1v) is 2.87. The van der Waals surface area contributed by atoms with Gasteiger partial charge in [-0.25, -0.2) is 0 Å². The largest absolute Gasteiger partial charge is 0.399 e. The van der Waals surface area contributed by atoms with E-state index in [4.69, 9.17) is 5.73 Å². The molecule has 2 heteroatoms. The van der Waals surface area contributed by atoms with Crippen LogP contribution in [-0.2, 0) is 4.79 Å². The maximum Gasteiger partial charge on any atom is 0.153 e. The van der Waals surface area contributed by atoms with Gasteiger partial charge in [0.15, 0.2) is 5.78 Å². The molecule has 0 radical (unpaired) electrons. The molecule has 0 aliphatic heterocycles. The zero-order valence-electron chi connectivity index (χ0n) is 6.05. The minimum Gasteiger partial charge on any atom is -0.399 e. The standard InChI is InChI=1S/C8H11NO/c1-4-8(7(3)9)5-6(2)10/h4-5H,1,3,9H2,2H3/b8-5-. The van der Waals surface area contributed by atoms with Crippen LogP contribution in [0.15, 0.2) is 36.6 Å². The van der Waals surface area contributed by atoms with E-state index in [1.165, 1.54) is 19.1 Å². The molecule has 0 atom stereocenters. The number of carbonyl (C=O) groups excluding carboxylic acids is 1. The van der Waals surface area contributed by atoms with Gasteiger partial charge in [-0.1, -0.05) is 19.2 Å². The van der Waals surface area contributed by atoms with Crippen LogP contribution in [0.25, 0.3) is 0 Å². The van der Waals surface area contributed by atoms with Crippen LogP contribution in [0.4, 0.5) is 0 Å². The highest BCUT2D eigenvalue weighted by molar-refractivity contribution is 5.89. The lowest BCUT2D eigenvalue weighted by atomic mass is 10.2. The summed E-state index contributed by atoms with van der Waals surface area (Å²) in [5.74, 6) is -0.0542. The molecule has 0 bridgehead atoms. The first-order valence-electron chi connectivity index (χ1n) is 2.87. The molecule has 2 nitrogen and oxygen atoms in total. The van der Waals surface area contributed by atoms with Gasteiger partial charge in [-0.2, -0.15) is 0 Å². The average Bonchev–Trinajstić information content (AvgIpc) is 1.81. The van der Waals surface area contributed by atoms with E-state index in [1.54, 1.807) is 0 Å². The monoisotopic (exact) mass is 137 g/mol. The van der Waals surface area contributed by atoms with Crippen LogP contribution in [-0.4, -0.2) is 5.78 Å². The van der Waals surface area contributed by atoms with Gasteiger partial charge in [-0.15, -0.1) is 0 Å². The molecule has 0 unspecified atom stereocenters. The minimum absolute atomic E-state index is 0.0542. The molecule has 0 saturated heterocycles. The number of hydrogen-bond donors (Lipinski definition) is 1. The van der Waals surface area contributed by atoms with E-state index >= 15 is 0 Å². The van der Waals surface area contributed by atoms with Gasteiger partial charge in [0, 0.05) is 5.70 Å². The number of carbonyl (C=O) groups is 1. The summed E-state index contributed by atoms with van der Waals surface area (Å²) in [5.41, 5.74) is 6.27. The summed E-state index contributed by atoms with van der Waals surface area (Å²) in [5, 5.41) is 0. The second-order valence-electron chi connectivity index (χ2n) is 1.94. The van der Waals surface area contributed by atoms with Crippen molar-refractivity contribution in [1.29, 1.82) is 0 Å². The Morgan fingerprint density at radius 3 is 2.20 bits per heavy atom. The highest BCUT2D eigenvalue weighted by Gasteiger charge is 1.93. The molecule has 2 N–H and O–H groups in total. The zero-order valence-corrected chi connectivity index (χ0v) is 6.05. The maximum absolute atomic E-state index is 10.5. The Bertz CT molecular complexity index is 201. The third kappa shape index (κ3) is 2.87. The van der Waals surface area contributed by atoms with E-state index in [2.05, 4.69) is 13.2 Å². The molecule has 0 saturated carbocycles. The van der Waals surface area contributed by atoms with Crippen molar-refractivity contribution in [2.45, 2.75) is 6.92 Å². The van der Waals surface area contributed by atoms with Gasteiger partial charge >= 0.3 is 0 Å². The molecule has 0 heterocycles. The van der Waals surface area contributed by atoms with Gasteiger partial charge in [0.25, 0.3) is 0 Å². The summed E-state index contributed by atoms with van der Waals surface area (Å²) < 4.78 is 0. The van der Waals surface area contributed by atoms with Crippen LogP contribution in [0, 0.1) is 0 Å². The fraction of sp³-hybridized carbons (Fsp3) is 0.125. The molecule has 0 fully saturated rings. The lowest BCUT2D eigenvalue weighted by molar-refractivity contribution is -0.112. The summed E-state index contributed by atoms with van der Waals surface area (Å²) in [6.45, 7) is 8.39. The van der Waals surface area contributed by atoms with E-state index in [1.807, 2.05) is 0 Å². The molecular weight excluding hydrogens is 126 g/mol. The first kappa shape index (κ1) is 8.69. The van der Waals surface area contributed by atoms with Crippen LogP contribution in [0.3, 0.4) is 0 Å². The van der Waals surface area contributed by atoms with Crippen molar-refractivity contribution in [1.82, 2.24) is 0 Å². The van der Waals surface area contributed by atoms with Gasteiger partial charge in [0.1, 0.15) is 0 Å². The van der Waals surface area contributed by atoms with E-state index < -0.39 is 0 Å². The maximum atomic E-state index is 10.5. The third-order valence-electron chi connectivity index (χ3n) is 0.949. The molecule has 0 rings (SSSR count). The van der Waals surface area contributed by atoms with Gasteiger partial charge in [0.2, 0.25) is 0 Å². The lowest BCUT2D eigenvalue weighted by Gasteiger charge is -1.96. The minimum atomic E-state index is -0.0542. The topological polar surface area (TPSA) is 43.1 Å². The van der Waals surface area contributed by atoms with Crippen LogP contribution in [0.2, 0.25) is 0 Å². The van der Waals surface area contributed by atoms with Crippen LogP contribution < -0.4 is 5.73 Å². The van der Waals surface area contributed by atoms with Crippen LogP contribution >= 0.6 is 0 Å². The van der Waals surface area contributed by atoms with Crippen molar-refractivity contribution in [2.75, 3.05) is 0 Å².